The summed E-state index contributed by atoms with van der Waals surface area (Å²) in [5.41, 5.74) is -2.34. The Morgan fingerprint density at radius 1 is 1.14 bits per heavy atom. The van der Waals surface area contributed by atoms with E-state index in [4.69, 9.17) is 9.47 Å². The molecule has 0 aliphatic carbocycles. The fraction of sp³-hybridized carbons (Fsp3) is 0.412. The molecule has 0 aliphatic heterocycles. The molecule has 160 valence electrons. The SMILES string of the molecule is CCOC(=O)C(=CNCCNc1ccc(C(F)(F)F)cc1[N+](=O)[O-])C(=O)OCC. The fourth-order valence-corrected chi connectivity index (χ4v) is 2.07. The predicted molar refractivity (Wildman–Crippen MR) is 95.9 cm³/mol. The van der Waals surface area contributed by atoms with Crippen molar-refractivity contribution in [3.8, 4) is 0 Å². The van der Waals surface area contributed by atoms with Gasteiger partial charge in [-0.15, -0.1) is 0 Å². The average molecular weight is 419 g/mol. The van der Waals surface area contributed by atoms with E-state index in [-0.39, 0.29) is 37.6 Å². The quantitative estimate of drug-likeness (QED) is 0.113. The summed E-state index contributed by atoms with van der Waals surface area (Å²) in [6.07, 6.45) is -3.62. The van der Waals surface area contributed by atoms with Gasteiger partial charge in [0, 0.05) is 25.4 Å². The van der Waals surface area contributed by atoms with Crippen LogP contribution in [0.1, 0.15) is 19.4 Å². The van der Waals surface area contributed by atoms with Gasteiger partial charge in [-0.05, 0) is 26.0 Å². The van der Waals surface area contributed by atoms with E-state index < -0.39 is 34.3 Å². The Balaban J connectivity index is 2.77. The number of nitro groups is 1. The summed E-state index contributed by atoms with van der Waals surface area (Å²) < 4.78 is 47.6. The molecule has 0 heterocycles. The highest BCUT2D eigenvalue weighted by Gasteiger charge is 2.33. The van der Waals surface area contributed by atoms with E-state index in [9.17, 15) is 32.9 Å². The van der Waals surface area contributed by atoms with Crippen LogP contribution in [0.3, 0.4) is 0 Å². The molecule has 29 heavy (non-hydrogen) atoms. The summed E-state index contributed by atoms with van der Waals surface area (Å²) in [5, 5.41) is 16.3. The molecule has 0 fully saturated rings. The molecule has 0 unspecified atom stereocenters. The van der Waals surface area contributed by atoms with Crippen molar-refractivity contribution in [1.82, 2.24) is 5.32 Å². The molecule has 0 saturated heterocycles. The number of hydrogen-bond donors (Lipinski definition) is 2. The van der Waals surface area contributed by atoms with Gasteiger partial charge in [-0.1, -0.05) is 0 Å². The number of nitrogens with zero attached hydrogens (tertiary/aromatic N) is 1. The number of carbonyl (C=O) groups excluding carboxylic acids is 2. The van der Waals surface area contributed by atoms with Crippen molar-refractivity contribution in [2.75, 3.05) is 31.6 Å². The van der Waals surface area contributed by atoms with Crippen LogP contribution in [-0.2, 0) is 25.2 Å². The minimum Gasteiger partial charge on any atom is -0.462 e. The highest BCUT2D eigenvalue weighted by Crippen LogP contribution is 2.34. The second-order valence-corrected chi connectivity index (χ2v) is 5.37. The Morgan fingerprint density at radius 3 is 2.21 bits per heavy atom. The van der Waals surface area contributed by atoms with Gasteiger partial charge in [0.2, 0.25) is 0 Å². The number of alkyl halides is 3. The lowest BCUT2D eigenvalue weighted by Gasteiger charge is -2.11. The van der Waals surface area contributed by atoms with Crippen LogP contribution >= 0.6 is 0 Å². The number of ether oxygens (including phenoxy) is 2. The van der Waals surface area contributed by atoms with Crippen LogP contribution in [-0.4, -0.2) is 43.2 Å². The smallest absolute Gasteiger partial charge is 0.416 e. The minimum absolute atomic E-state index is 0.0433. The molecule has 12 heteroatoms. The summed E-state index contributed by atoms with van der Waals surface area (Å²) >= 11 is 0. The van der Waals surface area contributed by atoms with Crippen molar-refractivity contribution in [3.05, 3.63) is 45.6 Å². The van der Waals surface area contributed by atoms with Crippen molar-refractivity contribution in [3.63, 3.8) is 0 Å². The number of anilines is 1. The van der Waals surface area contributed by atoms with Crippen LogP contribution in [0.25, 0.3) is 0 Å². The number of benzene rings is 1. The van der Waals surface area contributed by atoms with Crippen molar-refractivity contribution < 1.29 is 37.2 Å². The van der Waals surface area contributed by atoms with E-state index in [1.165, 1.54) is 0 Å². The van der Waals surface area contributed by atoms with Crippen molar-refractivity contribution in [2.45, 2.75) is 20.0 Å². The van der Waals surface area contributed by atoms with Crippen molar-refractivity contribution in [1.29, 1.82) is 0 Å². The molecule has 0 amide bonds. The number of hydrogen-bond acceptors (Lipinski definition) is 8. The molecule has 9 nitrogen and oxygen atoms in total. The summed E-state index contributed by atoms with van der Waals surface area (Å²) in [7, 11) is 0. The molecule has 0 spiro atoms. The van der Waals surface area contributed by atoms with Gasteiger partial charge in [-0.25, -0.2) is 9.59 Å². The maximum Gasteiger partial charge on any atom is 0.416 e. The fourth-order valence-electron chi connectivity index (χ4n) is 2.07. The lowest BCUT2D eigenvalue weighted by Crippen LogP contribution is -2.24. The molecule has 0 radical (unpaired) electrons. The van der Waals surface area contributed by atoms with E-state index in [1.807, 2.05) is 0 Å². The largest absolute Gasteiger partial charge is 0.462 e. The van der Waals surface area contributed by atoms with Gasteiger partial charge < -0.3 is 20.1 Å². The standard InChI is InChI=1S/C17H20F3N3O6/c1-3-28-15(24)12(16(25)29-4-2)10-21-7-8-22-13-6-5-11(17(18,19)20)9-14(13)23(26)27/h5-6,9-10,21-22H,3-4,7-8H2,1-2H3. The molecule has 1 rings (SSSR count). The highest BCUT2D eigenvalue weighted by atomic mass is 19.4. The van der Waals surface area contributed by atoms with Crippen molar-refractivity contribution >= 4 is 23.3 Å². The molecule has 1 aromatic carbocycles. The first-order valence-electron chi connectivity index (χ1n) is 8.49. The van der Waals surface area contributed by atoms with Crippen LogP contribution in [0.4, 0.5) is 24.5 Å². The first kappa shape index (κ1) is 23.7. The van der Waals surface area contributed by atoms with E-state index in [2.05, 4.69) is 10.6 Å². The zero-order valence-corrected chi connectivity index (χ0v) is 15.7. The summed E-state index contributed by atoms with van der Waals surface area (Å²) in [5.74, 6) is -1.77. The zero-order chi connectivity index (χ0) is 22.0. The Morgan fingerprint density at radius 2 is 1.72 bits per heavy atom. The van der Waals surface area contributed by atoms with Gasteiger partial charge >= 0.3 is 18.1 Å². The number of halogens is 3. The maximum absolute atomic E-state index is 12.7. The molecule has 0 atom stereocenters. The first-order valence-corrected chi connectivity index (χ1v) is 8.49. The Labute approximate surface area is 164 Å². The van der Waals surface area contributed by atoms with E-state index >= 15 is 0 Å². The lowest BCUT2D eigenvalue weighted by molar-refractivity contribution is -0.384. The molecule has 0 aliphatic rings. The molecular weight excluding hydrogens is 399 g/mol. The summed E-state index contributed by atoms with van der Waals surface area (Å²) in [4.78, 5) is 33.6. The second kappa shape index (κ2) is 10.9. The van der Waals surface area contributed by atoms with E-state index in [1.54, 1.807) is 13.8 Å². The molecule has 0 bridgehead atoms. The van der Waals surface area contributed by atoms with Crippen LogP contribution in [0.2, 0.25) is 0 Å². The van der Waals surface area contributed by atoms with Crippen LogP contribution in [0.15, 0.2) is 30.0 Å². The van der Waals surface area contributed by atoms with Crippen LogP contribution in [0, 0.1) is 10.1 Å². The van der Waals surface area contributed by atoms with E-state index in [0.717, 1.165) is 18.3 Å². The second-order valence-electron chi connectivity index (χ2n) is 5.37. The molecule has 1 aromatic rings. The van der Waals surface area contributed by atoms with Crippen LogP contribution in [0.5, 0.6) is 0 Å². The monoisotopic (exact) mass is 419 g/mol. The summed E-state index contributed by atoms with van der Waals surface area (Å²) in [6, 6.07) is 2.12. The average Bonchev–Trinajstić information content (AvgIpc) is 2.63. The molecule has 2 N–H and O–H groups in total. The predicted octanol–water partition coefficient (Wildman–Crippen LogP) is 2.63. The maximum atomic E-state index is 12.7. The zero-order valence-electron chi connectivity index (χ0n) is 15.7. The highest BCUT2D eigenvalue weighted by molar-refractivity contribution is 6.13. The molecule has 0 aromatic heterocycles. The first-order chi connectivity index (χ1) is 13.6. The number of esters is 2. The Hall–Kier alpha value is -3.31. The number of carbonyl (C=O) groups is 2. The third kappa shape index (κ3) is 7.31. The van der Waals surface area contributed by atoms with Gasteiger partial charge in [-0.2, -0.15) is 13.2 Å². The van der Waals surface area contributed by atoms with Crippen LogP contribution < -0.4 is 10.6 Å². The third-order valence-electron chi connectivity index (χ3n) is 3.34. The topological polar surface area (TPSA) is 120 Å². The summed E-state index contributed by atoms with van der Waals surface area (Å²) in [6.45, 7) is 3.36. The van der Waals surface area contributed by atoms with Gasteiger partial charge in [0.05, 0.1) is 23.7 Å². The number of nitro benzene ring substituents is 1. The molecular formula is C17H20F3N3O6. The Bertz CT molecular complexity index is 760. The van der Waals surface area contributed by atoms with Gasteiger partial charge in [0.1, 0.15) is 5.69 Å². The van der Waals surface area contributed by atoms with Gasteiger partial charge in [0.15, 0.2) is 5.57 Å². The minimum atomic E-state index is -4.70. The third-order valence-corrected chi connectivity index (χ3v) is 3.34. The molecule has 0 saturated carbocycles. The van der Waals surface area contributed by atoms with E-state index in [0.29, 0.717) is 6.07 Å². The normalized spacial score (nSPS) is 10.7. The van der Waals surface area contributed by atoms with Crippen molar-refractivity contribution in [2.24, 2.45) is 0 Å². The number of nitrogens with one attached hydrogen (secondary N) is 2. The van der Waals surface area contributed by atoms with Gasteiger partial charge in [0.25, 0.3) is 5.69 Å². The Kier molecular flexibility index (Phi) is 8.90. The number of rotatable bonds is 10. The van der Waals surface area contributed by atoms with Gasteiger partial charge in [-0.3, -0.25) is 10.1 Å². The lowest BCUT2D eigenvalue weighted by atomic mass is 10.1.